The van der Waals surface area contributed by atoms with Crippen molar-refractivity contribution in [2.24, 2.45) is 5.92 Å². The Balaban J connectivity index is 1.96. The number of imidazole rings is 1. The molecule has 23 heavy (non-hydrogen) atoms. The van der Waals surface area contributed by atoms with Gasteiger partial charge in [-0.2, -0.15) is 5.10 Å². The zero-order valence-corrected chi connectivity index (χ0v) is 13.0. The summed E-state index contributed by atoms with van der Waals surface area (Å²) in [5, 5.41) is 18.3. The van der Waals surface area contributed by atoms with E-state index in [-0.39, 0.29) is 6.04 Å². The summed E-state index contributed by atoms with van der Waals surface area (Å²) >= 11 is 0. The van der Waals surface area contributed by atoms with E-state index in [9.17, 15) is 4.79 Å². The van der Waals surface area contributed by atoms with Crippen molar-refractivity contribution in [3.63, 3.8) is 0 Å². The van der Waals surface area contributed by atoms with Crippen LogP contribution in [0.4, 0.5) is 4.79 Å². The summed E-state index contributed by atoms with van der Waals surface area (Å²) in [6.07, 6.45) is 3.22. The Morgan fingerprint density at radius 1 is 1.35 bits per heavy atom. The SMILES string of the molecule is CC(C)CC(NC(=O)O)c1nc2ccc(-c3cn[nH]c3)cc2[nH]1. The second-order valence-electron chi connectivity index (χ2n) is 5.97. The molecule has 0 bridgehead atoms. The van der Waals surface area contributed by atoms with E-state index >= 15 is 0 Å². The third-order valence-corrected chi connectivity index (χ3v) is 3.67. The summed E-state index contributed by atoms with van der Waals surface area (Å²) in [5.41, 5.74) is 3.70. The summed E-state index contributed by atoms with van der Waals surface area (Å²) in [6.45, 7) is 4.10. The van der Waals surface area contributed by atoms with Crippen molar-refractivity contribution in [1.82, 2.24) is 25.5 Å². The molecule has 0 aliphatic carbocycles. The van der Waals surface area contributed by atoms with Crippen LogP contribution < -0.4 is 5.32 Å². The molecule has 0 radical (unpaired) electrons. The highest BCUT2D eigenvalue weighted by Crippen LogP contribution is 2.25. The van der Waals surface area contributed by atoms with Crippen LogP contribution in [0, 0.1) is 5.92 Å². The molecule has 0 aliphatic heterocycles. The molecule has 4 N–H and O–H groups in total. The molecule has 2 aromatic heterocycles. The number of hydrogen-bond donors (Lipinski definition) is 4. The zero-order valence-electron chi connectivity index (χ0n) is 13.0. The van der Waals surface area contributed by atoms with Crippen LogP contribution in [-0.2, 0) is 0 Å². The van der Waals surface area contributed by atoms with Crippen LogP contribution in [0.1, 0.15) is 32.1 Å². The molecule has 120 valence electrons. The molecule has 1 amide bonds. The minimum Gasteiger partial charge on any atom is -0.465 e. The van der Waals surface area contributed by atoms with E-state index in [4.69, 9.17) is 5.11 Å². The van der Waals surface area contributed by atoms with E-state index < -0.39 is 6.09 Å². The van der Waals surface area contributed by atoms with Crippen molar-refractivity contribution in [3.8, 4) is 11.1 Å². The summed E-state index contributed by atoms with van der Waals surface area (Å²) in [7, 11) is 0. The standard InChI is InChI=1S/C16H19N5O2/c1-9(2)5-14(21-16(22)23)15-19-12-4-3-10(6-13(12)20-15)11-7-17-18-8-11/h3-4,6-9,14,21H,5H2,1-2H3,(H,17,18)(H,19,20)(H,22,23). The highest BCUT2D eigenvalue weighted by molar-refractivity contribution is 5.81. The molecule has 3 rings (SSSR count). The van der Waals surface area contributed by atoms with Gasteiger partial charge >= 0.3 is 6.09 Å². The number of aromatic amines is 2. The van der Waals surface area contributed by atoms with E-state index in [1.165, 1.54) is 0 Å². The number of benzene rings is 1. The van der Waals surface area contributed by atoms with Crippen LogP contribution in [0.3, 0.4) is 0 Å². The van der Waals surface area contributed by atoms with Gasteiger partial charge in [-0.15, -0.1) is 0 Å². The third-order valence-electron chi connectivity index (χ3n) is 3.67. The van der Waals surface area contributed by atoms with Gasteiger partial charge in [-0.05, 0) is 30.0 Å². The first kappa shape index (κ1) is 15.1. The van der Waals surface area contributed by atoms with Gasteiger partial charge in [0.05, 0.1) is 23.3 Å². The quantitative estimate of drug-likeness (QED) is 0.579. The summed E-state index contributed by atoms with van der Waals surface area (Å²) < 4.78 is 0. The van der Waals surface area contributed by atoms with Crippen LogP contribution in [0.2, 0.25) is 0 Å². The lowest BCUT2D eigenvalue weighted by Gasteiger charge is -2.16. The van der Waals surface area contributed by atoms with Crippen LogP contribution in [0.25, 0.3) is 22.2 Å². The lowest BCUT2D eigenvalue weighted by Crippen LogP contribution is -2.28. The van der Waals surface area contributed by atoms with Gasteiger partial charge in [0.25, 0.3) is 0 Å². The van der Waals surface area contributed by atoms with Crippen molar-refractivity contribution in [2.45, 2.75) is 26.3 Å². The molecule has 0 saturated heterocycles. The van der Waals surface area contributed by atoms with E-state index in [0.717, 1.165) is 22.2 Å². The Morgan fingerprint density at radius 3 is 2.83 bits per heavy atom. The molecule has 1 atom stereocenters. The van der Waals surface area contributed by atoms with Crippen LogP contribution in [0.15, 0.2) is 30.6 Å². The Labute approximate surface area is 133 Å². The van der Waals surface area contributed by atoms with Gasteiger partial charge in [0, 0.05) is 11.8 Å². The normalized spacial score (nSPS) is 12.7. The molecular weight excluding hydrogens is 294 g/mol. The Hall–Kier alpha value is -2.83. The number of carbonyl (C=O) groups is 1. The topological polar surface area (TPSA) is 107 Å². The second kappa shape index (κ2) is 6.12. The first-order valence-electron chi connectivity index (χ1n) is 7.51. The van der Waals surface area contributed by atoms with E-state index in [1.807, 2.05) is 24.4 Å². The number of carboxylic acid groups (broad SMARTS) is 1. The Kier molecular flexibility index (Phi) is 4.01. The van der Waals surface area contributed by atoms with Gasteiger partial charge in [0.1, 0.15) is 5.82 Å². The smallest absolute Gasteiger partial charge is 0.405 e. The number of nitrogens with zero attached hydrogens (tertiary/aromatic N) is 2. The maximum absolute atomic E-state index is 11.0. The van der Waals surface area contributed by atoms with Crippen LogP contribution in [0.5, 0.6) is 0 Å². The molecule has 1 aromatic carbocycles. The molecule has 0 saturated carbocycles. The number of amides is 1. The average molecular weight is 313 g/mol. The molecule has 7 nitrogen and oxygen atoms in total. The molecule has 7 heteroatoms. The van der Waals surface area contributed by atoms with Gasteiger partial charge < -0.3 is 15.4 Å². The number of rotatable bonds is 5. The van der Waals surface area contributed by atoms with Crippen molar-refractivity contribution in [2.75, 3.05) is 0 Å². The predicted octanol–water partition coefficient (Wildman–Crippen LogP) is 3.31. The molecule has 0 aliphatic rings. The molecule has 1 unspecified atom stereocenters. The third kappa shape index (κ3) is 3.33. The average Bonchev–Trinajstić information content (AvgIpc) is 3.14. The van der Waals surface area contributed by atoms with Crippen molar-refractivity contribution in [1.29, 1.82) is 0 Å². The minimum absolute atomic E-state index is 0.349. The van der Waals surface area contributed by atoms with E-state index in [0.29, 0.717) is 18.2 Å². The fraction of sp³-hybridized carbons (Fsp3) is 0.312. The number of hydrogen-bond acceptors (Lipinski definition) is 3. The van der Waals surface area contributed by atoms with E-state index in [1.54, 1.807) is 6.20 Å². The maximum Gasteiger partial charge on any atom is 0.405 e. The summed E-state index contributed by atoms with van der Waals surface area (Å²) in [5.74, 6) is 0.988. The van der Waals surface area contributed by atoms with Gasteiger partial charge in [-0.1, -0.05) is 19.9 Å². The first-order chi connectivity index (χ1) is 11.0. The lowest BCUT2D eigenvalue weighted by molar-refractivity contribution is 0.187. The predicted molar refractivity (Wildman–Crippen MR) is 87.0 cm³/mol. The van der Waals surface area contributed by atoms with Gasteiger partial charge in [-0.25, -0.2) is 9.78 Å². The minimum atomic E-state index is -1.05. The van der Waals surface area contributed by atoms with E-state index in [2.05, 4.69) is 39.3 Å². The monoisotopic (exact) mass is 313 g/mol. The Bertz CT molecular complexity index is 807. The lowest BCUT2D eigenvalue weighted by atomic mass is 10.0. The number of nitrogens with one attached hydrogen (secondary N) is 3. The Morgan fingerprint density at radius 2 is 2.17 bits per heavy atom. The van der Waals surface area contributed by atoms with Gasteiger partial charge in [0.15, 0.2) is 0 Å². The van der Waals surface area contributed by atoms with Crippen LogP contribution >= 0.6 is 0 Å². The second-order valence-corrected chi connectivity index (χ2v) is 5.97. The fourth-order valence-corrected chi connectivity index (χ4v) is 2.64. The number of fused-ring (bicyclic) bond motifs is 1. The van der Waals surface area contributed by atoms with Crippen LogP contribution in [-0.4, -0.2) is 31.4 Å². The van der Waals surface area contributed by atoms with Crippen molar-refractivity contribution in [3.05, 3.63) is 36.4 Å². The van der Waals surface area contributed by atoms with Crippen molar-refractivity contribution < 1.29 is 9.90 Å². The van der Waals surface area contributed by atoms with Crippen molar-refractivity contribution >= 4 is 17.1 Å². The highest BCUT2D eigenvalue weighted by Gasteiger charge is 2.19. The molecule has 2 heterocycles. The molecule has 0 fully saturated rings. The van der Waals surface area contributed by atoms with Gasteiger partial charge in [0.2, 0.25) is 0 Å². The van der Waals surface area contributed by atoms with Gasteiger partial charge in [-0.3, -0.25) is 5.10 Å². The molecular formula is C16H19N5O2. The maximum atomic E-state index is 11.0. The summed E-state index contributed by atoms with van der Waals surface area (Å²) in [4.78, 5) is 18.8. The first-order valence-corrected chi connectivity index (χ1v) is 7.51. The fourth-order valence-electron chi connectivity index (χ4n) is 2.64. The largest absolute Gasteiger partial charge is 0.465 e. The highest BCUT2D eigenvalue weighted by atomic mass is 16.4. The zero-order chi connectivity index (χ0) is 16.4. The molecule has 3 aromatic rings. The number of aromatic nitrogens is 4. The number of H-pyrrole nitrogens is 2. The molecule has 0 spiro atoms. The summed E-state index contributed by atoms with van der Waals surface area (Å²) in [6, 6.07) is 5.53.